The van der Waals surface area contributed by atoms with Gasteiger partial charge in [-0.2, -0.15) is 26.3 Å². The largest absolute Gasteiger partial charge is 0.480 e. The zero-order valence-corrected chi connectivity index (χ0v) is 20.7. The van der Waals surface area contributed by atoms with Crippen molar-refractivity contribution in [3.63, 3.8) is 0 Å². The van der Waals surface area contributed by atoms with Crippen molar-refractivity contribution in [1.82, 2.24) is 4.90 Å². The fourth-order valence-electron chi connectivity index (χ4n) is 4.22. The van der Waals surface area contributed by atoms with E-state index in [2.05, 4.69) is 0 Å². The average Bonchev–Trinajstić information content (AvgIpc) is 2.82. The van der Waals surface area contributed by atoms with Gasteiger partial charge in [-0.25, -0.2) is 0 Å². The Hall–Kier alpha value is -2.63. The van der Waals surface area contributed by atoms with E-state index in [0.29, 0.717) is 18.7 Å². The van der Waals surface area contributed by atoms with Gasteiger partial charge in [-0.1, -0.05) is 30.3 Å². The van der Waals surface area contributed by atoms with Crippen LogP contribution < -0.4 is 0 Å². The molecule has 2 aromatic carbocycles. The van der Waals surface area contributed by atoms with Crippen LogP contribution in [0.3, 0.4) is 0 Å². The van der Waals surface area contributed by atoms with E-state index in [1.54, 1.807) is 6.92 Å². The smallest absolute Gasteiger partial charge is 0.416 e. The number of hydrogen-bond acceptors (Lipinski definition) is 4. The van der Waals surface area contributed by atoms with E-state index in [0.717, 1.165) is 18.4 Å². The molecule has 206 valence electrons. The van der Waals surface area contributed by atoms with Crippen molar-refractivity contribution in [2.24, 2.45) is 5.92 Å². The fourth-order valence-corrected chi connectivity index (χ4v) is 4.22. The van der Waals surface area contributed by atoms with E-state index in [1.165, 1.54) is 14.0 Å². The second-order valence-corrected chi connectivity index (χ2v) is 9.04. The monoisotopic (exact) mass is 535 g/mol. The lowest BCUT2D eigenvalue weighted by atomic mass is 9.86. The van der Waals surface area contributed by atoms with Crippen molar-refractivity contribution < 1.29 is 46.1 Å². The van der Waals surface area contributed by atoms with Gasteiger partial charge in [-0.05, 0) is 61.9 Å². The number of nitrogens with zero attached hydrogens (tertiary/aromatic N) is 1. The molecule has 1 aliphatic heterocycles. The minimum atomic E-state index is -4.83. The minimum Gasteiger partial charge on any atom is -0.480 e. The first-order valence-electron chi connectivity index (χ1n) is 11.6. The normalized spacial score (nSPS) is 20.5. The highest BCUT2D eigenvalue weighted by molar-refractivity contribution is 5.69. The number of methoxy groups -OCH3 is 1. The molecule has 37 heavy (non-hydrogen) atoms. The Morgan fingerprint density at radius 1 is 1.00 bits per heavy atom. The summed E-state index contributed by atoms with van der Waals surface area (Å²) in [6.07, 6.45) is -9.06. The Labute approximate surface area is 211 Å². The molecule has 1 aliphatic rings. The molecule has 1 heterocycles. The van der Waals surface area contributed by atoms with Crippen molar-refractivity contribution in [3.8, 4) is 0 Å². The first-order valence-corrected chi connectivity index (χ1v) is 11.6. The number of aliphatic hydroxyl groups is 1. The van der Waals surface area contributed by atoms with Gasteiger partial charge < -0.3 is 14.9 Å². The summed E-state index contributed by atoms with van der Waals surface area (Å²) >= 11 is 0. The van der Waals surface area contributed by atoms with Crippen LogP contribution in [0, 0.1) is 5.92 Å². The van der Waals surface area contributed by atoms with Crippen molar-refractivity contribution in [1.29, 1.82) is 0 Å². The molecule has 3 rings (SSSR count). The Kier molecular flexibility index (Phi) is 10.5. The number of aliphatic hydroxyl groups excluding tert-OH is 1. The number of carboxylic acid groups (broad SMARTS) is 1. The maximum atomic E-state index is 12.5. The number of benzene rings is 2. The second-order valence-electron chi connectivity index (χ2n) is 9.04. The molecular weight excluding hydrogens is 504 g/mol. The predicted octanol–water partition coefficient (Wildman–Crippen LogP) is 6.34. The zero-order valence-electron chi connectivity index (χ0n) is 20.7. The summed E-state index contributed by atoms with van der Waals surface area (Å²) < 4.78 is 79.7. The number of halogens is 6. The number of carboxylic acids is 1. The lowest BCUT2D eigenvalue weighted by Crippen LogP contribution is -2.43. The van der Waals surface area contributed by atoms with E-state index < -0.39 is 35.6 Å². The summed E-state index contributed by atoms with van der Waals surface area (Å²) in [5.74, 6) is -0.647. The Morgan fingerprint density at radius 3 is 1.97 bits per heavy atom. The summed E-state index contributed by atoms with van der Waals surface area (Å²) in [6.45, 7) is 3.83. The lowest BCUT2D eigenvalue weighted by Gasteiger charge is -2.40. The van der Waals surface area contributed by atoms with Crippen LogP contribution >= 0.6 is 0 Å². The quantitative estimate of drug-likeness (QED) is 0.423. The summed E-state index contributed by atoms with van der Waals surface area (Å²) in [7, 11) is 1.21. The highest BCUT2D eigenvalue weighted by Crippen LogP contribution is 2.38. The van der Waals surface area contributed by atoms with Crippen LogP contribution in [0.25, 0.3) is 0 Å². The van der Waals surface area contributed by atoms with Crippen molar-refractivity contribution >= 4 is 5.97 Å². The molecule has 1 saturated heterocycles. The number of likely N-dealkylation sites (tertiary alicyclic amines) is 1. The van der Waals surface area contributed by atoms with Crippen LogP contribution in [-0.4, -0.2) is 47.4 Å². The summed E-state index contributed by atoms with van der Waals surface area (Å²) in [4.78, 5) is 13.0. The maximum Gasteiger partial charge on any atom is 0.416 e. The van der Waals surface area contributed by atoms with Crippen LogP contribution in [0.4, 0.5) is 26.3 Å². The molecule has 0 bridgehead atoms. The molecule has 1 fully saturated rings. The van der Waals surface area contributed by atoms with Gasteiger partial charge in [-0.3, -0.25) is 9.69 Å². The SMILES string of the molecule is CC(O)C1CC[C@@H](c2ccccc2)N(CC(=O)O)C1.CO[C@H](C)c1cc(C(F)(F)F)cc(C(F)(F)F)c1. The Bertz CT molecular complexity index is 978. The van der Waals surface area contributed by atoms with E-state index in [4.69, 9.17) is 9.84 Å². The Morgan fingerprint density at radius 2 is 1.54 bits per heavy atom. The van der Waals surface area contributed by atoms with Gasteiger partial charge >= 0.3 is 18.3 Å². The first kappa shape index (κ1) is 30.6. The van der Waals surface area contributed by atoms with Gasteiger partial charge in [0.1, 0.15) is 0 Å². The van der Waals surface area contributed by atoms with Crippen LogP contribution in [0.5, 0.6) is 0 Å². The fraction of sp³-hybridized carbons (Fsp3) is 0.500. The van der Waals surface area contributed by atoms with E-state index in [-0.39, 0.29) is 36.2 Å². The van der Waals surface area contributed by atoms with Gasteiger partial charge in [0.05, 0.1) is 29.9 Å². The van der Waals surface area contributed by atoms with Crippen LogP contribution in [0.2, 0.25) is 0 Å². The summed E-state index contributed by atoms with van der Waals surface area (Å²) in [5, 5.41) is 18.8. The number of ether oxygens (including phenoxy) is 1. The predicted molar refractivity (Wildman–Crippen MR) is 125 cm³/mol. The number of piperidine rings is 1. The zero-order chi connectivity index (χ0) is 28.0. The van der Waals surface area contributed by atoms with E-state index >= 15 is 0 Å². The summed E-state index contributed by atoms with van der Waals surface area (Å²) in [5.41, 5.74) is -1.68. The van der Waals surface area contributed by atoms with Crippen LogP contribution in [0.15, 0.2) is 48.5 Å². The summed E-state index contributed by atoms with van der Waals surface area (Å²) in [6, 6.07) is 11.6. The molecule has 4 atom stereocenters. The van der Waals surface area contributed by atoms with Crippen LogP contribution in [0.1, 0.15) is 61.1 Å². The molecule has 0 aromatic heterocycles. The molecule has 0 amide bonds. The number of carbonyl (C=O) groups is 1. The van der Waals surface area contributed by atoms with Crippen LogP contribution in [-0.2, 0) is 21.9 Å². The highest BCUT2D eigenvalue weighted by atomic mass is 19.4. The number of hydrogen-bond donors (Lipinski definition) is 2. The molecule has 5 nitrogen and oxygen atoms in total. The second kappa shape index (κ2) is 12.7. The minimum absolute atomic E-state index is 0.0305. The lowest BCUT2D eigenvalue weighted by molar-refractivity contribution is -0.143. The number of rotatable bonds is 6. The van der Waals surface area contributed by atoms with Gasteiger partial charge in [0, 0.05) is 19.7 Å². The third-order valence-electron chi connectivity index (χ3n) is 6.36. The molecule has 11 heteroatoms. The number of aliphatic carboxylic acids is 1. The molecule has 0 saturated carbocycles. The van der Waals surface area contributed by atoms with E-state index in [9.17, 15) is 36.2 Å². The molecule has 2 N–H and O–H groups in total. The average molecular weight is 536 g/mol. The first-order chi connectivity index (χ1) is 17.1. The van der Waals surface area contributed by atoms with Gasteiger partial charge in [0.2, 0.25) is 0 Å². The standard InChI is InChI=1S/C15H21NO3.C11H10F6O/c1-11(17)13-7-8-14(12-5-3-2-4-6-12)16(9-13)10-15(18)19;1-6(18-2)7-3-8(10(12,13)14)5-9(4-7)11(15,16)17/h2-6,11,13-14,17H,7-10H2,1H3,(H,18,19);3-6H,1-2H3/t11?,13?,14-;6-/m01/s1. The van der Waals surface area contributed by atoms with Crippen molar-refractivity contribution in [3.05, 3.63) is 70.8 Å². The van der Waals surface area contributed by atoms with Gasteiger partial charge in [0.15, 0.2) is 0 Å². The molecule has 2 unspecified atom stereocenters. The molecule has 0 aliphatic carbocycles. The molecule has 2 aromatic rings. The van der Waals surface area contributed by atoms with Crippen molar-refractivity contribution in [2.75, 3.05) is 20.2 Å². The molecule has 0 radical (unpaired) electrons. The van der Waals surface area contributed by atoms with Crippen molar-refractivity contribution in [2.45, 2.75) is 57.3 Å². The molecule has 0 spiro atoms. The third-order valence-corrected chi connectivity index (χ3v) is 6.36. The third kappa shape index (κ3) is 9.01. The maximum absolute atomic E-state index is 12.5. The molecular formula is C26H31F6NO4. The number of alkyl halides is 6. The highest BCUT2D eigenvalue weighted by Gasteiger charge is 2.37. The Balaban J connectivity index is 0.000000261. The van der Waals surface area contributed by atoms with E-state index in [1.807, 2.05) is 35.2 Å². The topological polar surface area (TPSA) is 70.0 Å². The van der Waals surface area contributed by atoms with Gasteiger partial charge in [-0.15, -0.1) is 0 Å². The van der Waals surface area contributed by atoms with Gasteiger partial charge in [0.25, 0.3) is 0 Å².